The quantitative estimate of drug-likeness (QED) is 0.628. The van der Waals surface area contributed by atoms with Crippen LogP contribution < -0.4 is 15.6 Å². The lowest BCUT2D eigenvalue weighted by atomic mass is 10.0. The van der Waals surface area contributed by atoms with Gasteiger partial charge in [0.15, 0.2) is 0 Å². The van der Waals surface area contributed by atoms with E-state index < -0.39 is 10.0 Å². The summed E-state index contributed by atoms with van der Waals surface area (Å²) >= 11 is 6.36. The molecule has 3 heterocycles. The maximum atomic E-state index is 13.0. The van der Waals surface area contributed by atoms with E-state index in [1.54, 1.807) is 24.4 Å². The first kappa shape index (κ1) is 24.0. The van der Waals surface area contributed by atoms with Gasteiger partial charge >= 0.3 is 0 Å². The number of hydrogen-bond acceptors (Lipinski definition) is 7. The summed E-state index contributed by atoms with van der Waals surface area (Å²) in [5.41, 5.74) is 0.150. The molecule has 0 aliphatic carbocycles. The molecule has 4 rings (SSSR count). The molecule has 1 atom stereocenters. The van der Waals surface area contributed by atoms with Crippen LogP contribution in [0.3, 0.4) is 0 Å². The Bertz CT molecular complexity index is 1130. The van der Waals surface area contributed by atoms with E-state index in [4.69, 9.17) is 21.1 Å². The minimum atomic E-state index is -3.64. The standard InChI is InChI=1S/C22H29ClN4O5S/c1-31-18-5-2-6-19(12-18)33(29,30)26-9-7-17(8-10-26)27-22(28)21(23)20(14-25-27)24-13-16-4-3-11-32-15-16/h2,5-6,12,14,16-17,24H,3-4,7-11,13,15H2,1H3/t16-/m1/s1. The molecule has 0 unspecified atom stereocenters. The summed E-state index contributed by atoms with van der Waals surface area (Å²) in [6, 6.07) is 6.21. The van der Waals surface area contributed by atoms with Gasteiger partial charge in [0.2, 0.25) is 10.0 Å². The Morgan fingerprint density at radius 1 is 1.27 bits per heavy atom. The van der Waals surface area contributed by atoms with Crippen LogP contribution in [0.15, 0.2) is 40.2 Å². The first-order valence-corrected chi connectivity index (χ1v) is 12.9. The molecule has 0 amide bonds. The number of anilines is 1. The van der Waals surface area contributed by atoms with E-state index in [0.717, 1.165) is 19.4 Å². The first-order valence-electron chi connectivity index (χ1n) is 11.1. The molecule has 1 N–H and O–H groups in total. The second kappa shape index (κ2) is 10.4. The van der Waals surface area contributed by atoms with E-state index in [9.17, 15) is 13.2 Å². The zero-order valence-corrected chi connectivity index (χ0v) is 20.1. The predicted molar refractivity (Wildman–Crippen MR) is 126 cm³/mol. The van der Waals surface area contributed by atoms with Crippen molar-refractivity contribution in [1.82, 2.24) is 14.1 Å². The van der Waals surface area contributed by atoms with Gasteiger partial charge < -0.3 is 14.8 Å². The number of hydrogen-bond donors (Lipinski definition) is 1. The fraction of sp³-hybridized carbons (Fsp3) is 0.545. The highest BCUT2D eigenvalue weighted by Gasteiger charge is 2.31. The number of rotatable bonds is 7. The predicted octanol–water partition coefficient (Wildman–Crippen LogP) is 2.77. The molecule has 9 nitrogen and oxygen atoms in total. The molecule has 2 aromatic rings. The van der Waals surface area contributed by atoms with Crippen LogP contribution >= 0.6 is 11.6 Å². The molecule has 1 aromatic heterocycles. The fourth-order valence-electron chi connectivity index (χ4n) is 4.29. The lowest BCUT2D eigenvalue weighted by molar-refractivity contribution is 0.0595. The molecule has 0 spiro atoms. The number of nitrogens with zero attached hydrogens (tertiary/aromatic N) is 3. The highest BCUT2D eigenvalue weighted by Crippen LogP contribution is 2.28. The second-order valence-electron chi connectivity index (χ2n) is 8.40. The second-order valence-corrected chi connectivity index (χ2v) is 10.7. The average Bonchev–Trinajstić information content (AvgIpc) is 2.86. The number of methoxy groups -OCH3 is 1. The third-order valence-corrected chi connectivity index (χ3v) is 8.49. The maximum Gasteiger partial charge on any atom is 0.287 e. The summed E-state index contributed by atoms with van der Waals surface area (Å²) in [5.74, 6) is 0.870. The van der Waals surface area contributed by atoms with Gasteiger partial charge in [0, 0.05) is 32.3 Å². The van der Waals surface area contributed by atoms with Crippen LogP contribution in [0.5, 0.6) is 5.75 Å². The van der Waals surface area contributed by atoms with Gasteiger partial charge in [-0.2, -0.15) is 9.40 Å². The smallest absolute Gasteiger partial charge is 0.287 e. The molecule has 11 heteroatoms. The first-order chi connectivity index (χ1) is 15.9. The number of halogens is 1. The highest BCUT2D eigenvalue weighted by molar-refractivity contribution is 7.89. The summed E-state index contributed by atoms with van der Waals surface area (Å²) in [6.07, 6.45) is 4.63. The zero-order valence-electron chi connectivity index (χ0n) is 18.6. The van der Waals surface area contributed by atoms with E-state index in [2.05, 4.69) is 10.4 Å². The number of aromatic nitrogens is 2. The minimum absolute atomic E-state index is 0.105. The third kappa shape index (κ3) is 5.34. The Morgan fingerprint density at radius 2 is 2.06 bits per heavy atom. The number of ether oxygens (including phenoxy) is 2. The minimum Gasteiger partial charge on any atom is -0.497 e. The van der Waals surface area contributed by atoms with Crippen molar-refractivity contribution in [3.8, 4) is 5.75 Å². The molecular weight excluding hydrogens is 468 g/mol. The van der Waals surface area contributed by atoms with Crippen LogP contribution in [0.2, 0.25) is 5.02 Å². The summed E-state index contributed by atoms with van der Waals surface area (Å²) in [6.45, 7) is 2.75. The van der Waals surface area contributed by atoms with Gasteiger partial charge in [0.05, 0.1) is 36.5 Å². The maximum absolute atomic E-state index is 13.0. The van der Waals surface area contributed by atoms with Crippen molar-refractivity contribution in [3.05, 3.63) is 45.8 Å². The van der Waals surface area contributed by atoms with E-state index in [0.29, 0.717) is 43.3 Å². The SMILES string of the molecule is COc1cccc(S(=O)(=O)N2CCC(n3ncc(NC[C@H]4CCCOC4)c(Cl)c3=O)CC2)c1. The van der Waals surface area contributed by atoms with E-state index >= 15 is 0 Å². The Kier molecular flexibility index (Phi) is 7.58. The molecule has 1 aromatic carbocycles. The highest BCUT2D eigenvalue weighted by atomic mass is 35.5. The zero-order chi connectivity index (χ0) is 23.4. The fourth-order valence-corrected chi connectivity index (χ4v) is 6.00. The van der Waals surface area contributed by atoms with Crippen molar-refractivity contribution in [2.45, 2.75) is 36.6 Å². The number of sulfonamides is 1. The largest absolute Gasteiger partial charge is 0.497 e. The van der Waals surface area contributed by atoms with Crippen molar-refractivity contribution in [3.63, 3.8) is 0 Å². The van der Waals surface area contributed by atoms with Crippen molar-refractivity contribution in [2.24, 2.45) is 5.92 Å². The van der Waals surface area contributed by atoms with Gasteiger partial charge in [-0.15, -0.1) is 0 Å². The number of piperidine rings is 1. The molecule has 180 valence electrons. The number of nitrogens with one attached hydrogen (secondary N) is 1. The lowest BCUT2D eigenvalue weighted by Gasteiger charge is -2.31. The van der Waals surface area contributed by atoms with Gasteiger partial charge in [-0.25, -0.2) is 13.1 Å². The van der Waals surface area contributed by atoms with E-state index in [1.807, 2.05) is 0 Å². The summed E-state index contributed by atoms with van der Waals surface area (Å²) in [7, 11) is -2.15. The van der Waals surface area contributed by atoms with Crippen LogP contribution in [0, 0.1) is 5.92 Å². The summed E-state index contributed by atoms with van der Waals surface area (Å²) < 4.78 is 39.5. The number of benzene rings is 1. The molecule has 2 fully saturated rings. The molecule has 2 aliphatic heterocycles. The van der Waals surface area contributed by atoms with Crippen molar-refractivity contribution < 1.29 is 17.9 Å². The summed E-state index contributed by atoms with van der Waals surface area (Å²) in [4.78, 5) is 13.1. The Labute approximate surface area is 198 Å². The normalized spacial score (nSPS) is 20.5. The topological polar surface area (TPSA) is 103 Å². The van der Waals surface area contributed by atoms with E-state index in [-0.39, 0.29) is 34.6 Å². The van der Waals surface area contributed by atoms with Crippen LogP contribution in [0.1, 0.15) is 31.7 Å². The molecule has 0 radical (unpaired) electrons. The van der Waals surface area contributed by atoms with Crippen LogP contribution in [-0.2, 0) is 14.8 Å². The average molecular weight is 497 g/mol. The van der Waals surface area contributed by atoms with E-state index in [1.165, 1.54) is 22.2 Å². The van der Waals surface area contributed by atoms with Crippen molar-refractivity contribution in [2.75, 3.05) is 45.3 Å². The van der Waals surface area contributed by atoms with Crippen molar-refractivity contribution >= 4 is 27.3 Å². The molecule has 0 saturated carbocycles. The van der Waals surface area contributed by atoms with Gasteiger partial charge in [0.1, 0.15) is 10.8 Å². The van der Waals surface area contributed by atoms with Gasteiger partial charge in [-0.1, -0.05) is 17.7 Å². The van der Waals surface area contributed by atoms with Crippen LogP contribution in [0.4, 0.5) is 5.69 Å². The van der Waals surface area contributed by atoms with Gasteiger partial charge in [-0.3, -0.25) is 4.79 Å². The Morgan fingerprint density at radius 3 is 2.76 bits per heavy atom. The summed E-state index contributed by atoms with van der Waals surface area (Å²) in [5, 5.41) is 7.66. The molecule has 2 saturated heterocycles. The Balaban J connectivity index is 1.41. The molecule has 33 heavy (non-hydrogen) atoms. The Hall–Kier alpha value is -2.14. The van der Waals surface area contributed by atoms with Crippen LogP contribution in [-0.4, -0.2) is 62.5 Å². The van der Waals surface area contributed by atoms with Gasteiger partial charge in [0.25, 0.3) is 5.56 Å². The third-order valence-electron chi connectivity index (χ3n) is 6.23. The molecule has 2 aliphatic rings. The monoisotopic (exact) mass is 496 g/mol. The van der Waals surface area contributed by atoms with Crippen molar-refractivity contribution in [1.29, 1.82) is 0 Å². The molecular formula is C22H29ClN4O5S. The van der Waals surface area contributed by atoms with Crippen LogP contribution in [0.25, 0.3) is 0 Å². The molecule has 0 bridgehead atoms. The lowest BCUT2D eigenvalue weighted by Crippen LogP contribution is -2.41. The van der Waals surface area contributed by atoms with Gasteiger partial charge in [-0.05, 0) is 43.7 Å².